The summed E-state index contributed by atoms with van der Waals surface area (Å²) in [7, 11) is 0. The average molecular weight is 291 g/mol. The number of rotatable bonds is 11. The van der Waals surface area contributed by atoms with Crippen LogP contribution in [0.25, 0.3) is 0 Å². The highest BCUT2D eigenvalue weighted by atomic mass is 16.3. The van der Waals surface area contributed by atoms with Gasteiger partial charge in [0.05, 0.1) is 5.69 Å². The smallest absolute Gasteiger partial charge is 0.224 e. The van der Waals surface area contributed by atoms with Crippen LogP contribution in [0.1, 0.15) is 71.1 Å². The number of aromatic hydroxyl groups is 1. The predicted molar refractivity (Wildman–Crippen MR) is 88.6 cm³/mol. The van der Waals surface area contributed by atoms with Crippen LogP contribution < -0.4 is 5.32 Å². The Bertz CT molecular complexity index is 404. The zero-order chi connectivity index (χ0) is 15.3. The van der Waals surface area contributed by atoms with Crippen molar-refractivity contribution in [2.24, 2.45) is 0 Å². The summed E-state index contributed by atoms with van der Waals surface area (Å²) in [6, 6.07) is 6.83. The minimum atomic E-state index is -0.0144. The summed E-state index contributed by atoms with van der Waals surface area (Å²) >= 11 is 0. The van der Waals surface area contributed by atoms with Crippen molar-refractivity contribution < 1.29 is 9.90 Å². The van der Waals surface area contributed by atoms with E-state index in [2.05, 4.69) is 12.2 Å². The molecule has 0 fully saturated rings. The van der Waals surface area contributed by atoms with Crippen LogP contribution in [0.3, 0.4) is 0 Å². The van der Waals surface area contributed by atoms with E-state index in [-0.39, 0.29) is 11.7 Å². The second kappa shape index (κ2) is 11.2. The molecule has 118 valence electrons. The Hall–Kier alpha value is -1.51. The SMILES string of the molecule is CCCCCCCCCCCC(=O)Nc1ccccc1O. The summed E-state index contributed by atoms with van der Waals surface area (Å²) in [5, 5.41) is 12.3. The van der Waals surface area contributed by atoms with Crippen molar-refractivity contribution in [1.82, 2.24) is 0 Å². The Labute approximate surface area is 128 Å². The second-order valence-corrected chi connectivity index (χ2v) is 5.64. The van der Waals surface area contributed by atoms with Gasteiger partial charge in [-0.25, -0.2) is 0 Å². The lowest BCUT2D eigenvalue weighted by molar-refractivity contribution is -0.116. The molecule has 0 aromatic heterocycles. The predicted octanol–water partition coefficient (Wildman–Crippen LogP) is 5.25. The van der Waals surface area contributed by atoms with Gasteiger partial charge in [0.15, 0.2) is 0 Å². The lowest BCUT2D eigenvalue weighted by atomic mass is 10.1. The van der Waals surface area contributed by atoms with Gasteiger partial charge in [0.2, 0.25) is 5.91 Å². The van der Waals surface area contributed by atoms with Crippen LogP contribution in [0.4, 0.5) is 5.69 Å². The number of anilines is 1. The van der Waals surface area contributed by atoms with Gasteiger partial charge in [0.25, 0.3) is 0 Å². The lowest BCUT2D eigenvalue weighted by Crippen LogP contribution is -2.11. The number of carbonyl (C=O) groups is 1. The fraction of sp³-hybridized carbons (Fsp3) is 0.611. The summed E-state index contributed by atoms with van der Waals surface area (Å²) in [5.41, 5.74) is 0.499. The number of nitrogens with one attached hydrogen (secondary N) is 1. The van der Waals surface area contributed by atoms with Crippen molar-refractivity contribution in [3.05, 3.63) is 24.3 Å². The van der Waals surface area contributed by atoms with Gasteiger partial charge < -0.3 is 10.4 Å². The van der Waals surface area contributed by atoms with Crippen LogP contribution in [-0.2, 0) is 4.79 Å². The van der Waals surface area contributed by atoms with Crippen LogP contribution in [0.15, 0.2) is 24.3 Å². The zero-order valence-electron chi connectivity index (χ0n) is 13.2. The van der Waals surface area contributed by atoms with E-state index >= 15 is 0 Å². The number of hydrogen-bond donors (Lipinski definition) is 2. The molecule has 3 nitrogen and oxygen atoms in total. The van der Waals surface area contributed by atoms with Crippen LogP contribution >= 0.6 is 0 Å². The molecule has 21 heavy (non-hydrogen) atoms. The number of phenolic OH excluding ortho intramolecular Hbond substituents is 1. The molecule has 0 saturated heterocycles. The summed E-state index contributed by atoms with van der Waals surface area (Å²) in [5.74, 6) is 0.109. The average Bonchev–Trinajstić information content (AvgIpc) is 2.48. The Kier molecular flexibility index (Phi) is 9.34. The van der Waals surface area contributed by atoms with Crippen LogP contribution in [0, 0.1) is 0 Å². The van der Waals surface area contributed by atoms with Crippen molar-refractivity contribution >= 4 is 11.6 Å². The number of phenols is 1. The molecule has 0 unspecified atom stereocenters. The standard InChI is InChI=1S/C18H29NO2/c1-2-3-4-5-6-7-8-9-10-15-18(21)19-16-13-11-12-14-17(16)20/h11-14,20H,2-10,15H2,1H3,(H,19,21). The molecule has 0 aliphatic heterocycles. The molecule has 1 aromatic carbocycles. The van der Waals surface area contributed by atoms with Crippen molar-refractivity contribution in [2.75, 3.05) is 5.32 Å². The fourth-order valence-corrected chi connectivity index (χ4v) is 2.39. The topological polar surface area (TPSA) is 49.3 Å². The molecule has 0 bridgehead atoms. The van der Waals surface area contributed by atoms with E-state index in [1.54, 1.807) is 24.3 Å². The van der Waals surface area contributed by atoms with Gasteiger partial charge in [-0.3, -0.25) is 4.79 Å². The number of hydrogen-bond acceptors (Lipinski definition) is 2. The first kappa shape index (κ1) is 17.5. The highest BCUT2D eigenvalue weighted by Gasteiger charge is 2.05. The van der Waals surface area contributed by atoms with Gasteiger partial charge in [-0.15, -0.1) is 0 Å². The highest BCUT2D eigenvalue weighted by Crippen LogP contribution is 2.21. The maximum Gasteiger partial charge on any atom is 0.224 e. The third kappa shape index (κ3) is 8.38. The number of unbranched alkanes of at least 4 members (excludes halogenated alkanes) is 8. The molecule has 0 radical (unpaired) electrons. The molecule has 0 saturated carbocycles. The largest absolute Gasteiger partial charge is 0.506 e. The van der Waals surface area contributed by atoms with E-state index in [1.807, 2.05) is 0 Å². The Morgan fingerprint density at radius 1 is 0.952 bits per heavy atom. The van der Waals surface area contributed by atoms with Gasteiger partial charge in [-0.05, 0) is 18.6 Å². The molecular formula is C18H29NO2. The molecule has 0 atom stereocenters. The Morgan fingerprint density at radius 2 is 1.52 bits per heavy atom. The number of amides is 1. The molecule has 0 aliphatic carbocycles. The van der Waals surface area contributed by atoms with E-state index in [1.165, 1.54) is 44.9 Å². The molecule has 3 heteroatoms. The maximum absolute atomic E-state index is 11.7. The summed E-state index contributed by atoms with van der Waals surface area (Å²) in [6.07, 6.45) is 11.8. The maximum atomic E-state index is 11.7. The van der Waals surface area contributed by atoms with Gasteiger partial charge in [-0.2, -0.15) is 0 Å². The molecular weight excluding hydrogens is 262 g/mol. The number of carbonyl (C=O) groups excluding carboxylic acids is 1. The van der Waals surface area contributed by atoms with Crippen LogP contribution in [-0.4, -0.2) is 11.0 Å². The van der Waals surface area contributed by atoms with Crippen molar-refractivity contribution in [1.29, 1.82) is 0 Å². The monoisotopic (exact) mass is 291 g/mol. The quantitative estimate of drug-likeness (QED) is 0.432. The van der Waals surface area contributed by atoms with Gasteiger partial charge >= 0.3 is 0 Å². The first-order chi connectivity index (χ1) is 10.2. The van der Waals surface area contributed by atoms with E-state index in [0.717, 1.165) is 12.8 Å². The normalized spacial score (nSPS) is 10.5. The number of para-hydroxylation sites is 2. The zero-order valence-corrected chi connectivity index (χ0v) is 13.2. The second-order valence-electron chi connectivity index (χ2n) is 5.64. The molecule has 1 rings (SSSR count). The Balaban J connectivity index is 2.00. The highest BCUT2D eigenvalue weighted by molar-refractivity contribution is 5.92. The third-order valence-electron chi connectivity index (χ3n) is 3.69. The molecule has 1 aromatic rings. The summed E-state index contributed by atoms with van der Waals surface area (Å²) in [4.78, 5) is 11.7. The third-order valence-corrected chi connectivity index (χ3v) is 3.69. The van der Waals surface area contributed by atoms with Crippen LogP contribution in [0.5, 0.6) is 5.75 Å². The van der Waals surface area contributed by atoms with Crippen molar-refractivity contribution in [3.8, 4) is 5.75 Å². The van der Waals surface area contributed by atoms with E-state index in [0.29, 0.717) is 12.1 Å². The van der Waals surface area contributed by atoms with E-state index in [9.17, 15) is 9.90 Å². The van der Waals surface area contributed by atoms with Crippen molar-refractivity contribution in [3.63, 3.8) is 0 Å². The molecule has 0 spiro atoms. The number of benzene rings is 1. The minimum absolute atomic E-state index is 0.0144. The summed E-state index contributed by atoms with van der Waals surface area (Å²) < 4.78 is 0. The summed E-state index contributed by atoms with van der Waals surface area (Å²) in [6.45, 7) is 2.24. The minimum Gasteiger partial charge on any atom is -0.506 e. The Morgan fingerprint density at radius 3 is 2.14 bits per heavy atom. The van der Waals surface area contributed by atoms with Crippen molar-refractivity contribution in [2.45, 2.75) is 71.1 Å². The molecule has 0 aliphatic rings. The molecule has 0 heterocycles. The first-order valence-corrected chi connectivity index (χ1v) is 8.32. The van der Waals surface area contributed by atoms with Gasteiger partial charge in [0.1, 0.15) is 5.75 Å². The van der Waals surface area contributed by atoms with Crippen LogP contribution in [0.2, 0.25) is 0 Å². The van der Waals surface area contributed by atoms with Gasteiger partial charge in [0, 0.05) is 6.42 Å². The molecule has 1 amide bonds. The van der Waals surface area contributed by atoms with E-state index < -0.39 is 0 Å². The van der Waals surface area contributed by atoms with E-state index in [4.69, 9.17) is 0 Å². The first-order valence-electron chi connectivity index (χ1n) is 8.32. The molecule has 2 N–H and O–H groups in total. The van der Waals surface area contributed by atoms with Gasteiger partial charge in [-0.1, -0.05) is 70.4 Å². The lowest BCUT2D eigenvalue weighted by Gasteiger charge is -2.07. The fourth-order valence-electron chi connectivity index (χ4n) is 2.39.